The molecule has 3 heteroatoms. The second kappa shape index (κ2) is 5.43. The smallest absolute Gasteiger partial charge is 0.321 e. The third-order valence-electron chi connectivity index (χ3n) is 5.73. The summed E-state index contributed by atoms with van der Waals surface area (Å²) in [4.78, 5) is 13.9. The molecule has 1 N–H and O–H groups in total. The summed E-state index contributed by atoms with van der Waals surface area (Å²) >= 11 is 0. The van der Waals surface area contributed by atoms with Crippen molar-refractivity contribution in [3.05, 3.63) is 0 Å². The summed E-state index contributed by atoms with van der Waals surface area (Å²) in [5.41, 5.74) is 0.501. The van der Waals surface area contributed by atoms with Crippen molar-refractivity contribution >= 4 is 5.97 Å². The fraction of sp³-hybridized carbons (Fsp3) is 0.938. The summed E-state index contributed by atoms with van der Waals surface area (Å²) in [6, 6.07) is -0.187. The van der Waals surface area contributed by atoms with Gasteiger partial charge in [-0.15, -0.1) is 0 Å². The van der Waals surface area contributed by atoms with Gasteiger partial charge in [-0.2, -0.15) is 0 Å². The summed E-state index contributed by atoms with van der Waals surface area (Å²) in [6.07, 6.45) is 12.8. The van der Waals surface area contributed by atoms with Crippen LogP contribution < -0.4 is 0 Å². The van der Waals surface area contributed by atoms with Crippen molar-refractivity contribution in [2.75, 3.05) is 13.1 Å². The number of hydrogen-bond acceptors (Lipinski definition) is 2. The van der Waals surface area contributed by atoms with Crippen LogP contribution in [0.5, 0.6) is 0 Å². The number of rotatable bonds is 3. The predicted molar refractivity (Wildman–Crippen MR) is 75.1 cm³/mol. The molecule has 0 bridgehead atoms. The standard InChI is InChI=1S/C16H27NO2/c18-15(19)14(13-7-3-1-4-8-13)17-11-16(12-17)9-5-2-6-10-16/h13-14H,1-12H2,(H,18,19). The van der Waals surface area contributed by atoms with Crippen molar-refractivity contribution in [1.82, 2.24) is 4.90 Å². The van der Waals surface area contributed by atoms with Gasteiger partial charge in [0.2, 0.25) is 0 Å². The summed E-state index contributed by atoms with van der Waals surface area (Å²) in [5, 5.41) is 9.61. The molecule has 1 aliphatic heterocycles. The zero-order chi connectivity index (χ0) is 13.3. The summed E-state index contributed by atoms with van der Waals surface area (Å²) in [5.74, 6) is -0.162. The highest BCUT2D eigenvalue weighted by Gasteiger charge is 2.49. The third-order valence-corrected chi connectivity index (χ3v) is 5.73. The second-order valence-electron chi connectivity index (χ2n) is 7.15. The van der Waals surface area contributed by atoms with Gasteiger partial charge >= 0.3 is 5.97 Å². The fourth-order valence-electron chi connectivity index (χ4n) is 4.74. The number of hydrogen-bond donors (Lipinski definition) is 1. The van der Waals surface area contributed by atoms with Crippen LogP contribution in [0.15, 0.2) is 0 Å². The zero-order valence-corrected chi connectivity index (χ0v) is 11.9. The first kappa shape index (κ1) is 13.4. The maximum absolute atomic E-state index is 11.7. The van der Waals surface area contributed by atoms with Gasteiger partial charge in [-0.1, -0.05) is 38.5 Å². The minimum atomic E-state index is -0.572. The van der Waals surface area contributed by atoms with Crippen molar-refractivity contribution < 1.29 is 9.90 Å². The molecule has 2 aliphatic carbocycles. The van der Waals surface area contributed by atoms with Gasteiger partial charge in [0.05, 0.1) is 0 Å². The lowest BCUT2D eigenvalue weighted by Gasteiger charge is -2.55. The molecular formula is C16H27NO2. The highest BCUT2D eigenvalue weighted by molar-refractivity contribution is 5.74. The Labute approximate surface area is 116 Å². The van der Waals surface area contributed by atoms with Gasteiger partial charge in [-0.3, -0.25) is 9.69 Å². The average Bonchev–Trinajstić information content (AvgIpc) is 2.39. The van der Waals surface area contributed by atoms with Crippen LogP contribution in [0.2, 0.25) is 0 Å². The third kappa shape index (κ3) is 2.67. The molecule has 2 saturated carbocycles. The molecule has 1 spiro atoms. The zero-order valence-electron chi connectivity index (χ0n) is 11.9. The monoisotopic (exact) mass is 265 g/mol. The molecule has 3 aliphatic rings. The van der Waals surface area contributed by atoms with Crippen molar-refractivity contribution in [2.45, 2.75) is 70.3 Å². The maximum Gasteiger partial charge on any atom is 0.321 e. The van der Waals surface area contributed by atoms with Crippen molar-refractivity contribution in [3.63, 3.8) is 0 Å². The number of carbonyl (C=O) groups is 1. The molecule has 1 saturated heterocycles. The lowest BCUT2D eigenvalue weighted by atomic mass is 9.67. The van der Waals surface area contributed by atoms with E-state index in [-0.39, 0.29) is 6.04 Å². The van der Waals surface area contributed by atoms with Crippen LogP contribution in [-0.4, -0.2) is 35.1 Å². The van der Waals surface area contributed by atoms with Gasteiger partial charge < -0.3 is 5.11 Å². The summed E-state index contributed by atoms with van der Waals surface area (Å²) in [7, 11) is 0. The molecule has 0 aromatic rings. The molecule has 1 unspecified atom stereocenters. The lowest BCUT2D eigenvalue weighted by molar-refractivity contribution is -0.155. The second-order valence-corrected chi connectivity index (χ2v) is 7.15. The van der Waals surface area contributed by atoms with Crippen LogP contribution in [0.1, 0.15) is 64.2 Å². The van der Waals surface area contributed by atoms with Gasteiger partial charge in [0.25, 0.3) is 0 Å². The quantitative estimate of drug-likeness (QED) is 0.851. The average molecular weight is 265 g/mol. The Hall–Kier alpha value is -0.570. The normalized spacial score (nSPS) is 29.9. The van der Waals surface area contributed by atoms with Gasteiger partial charge in [0.15, 0.2) is 0 Å². The van der Waals surface area contributed by atoms with Gasteiger partial charge in [0, 0.05) is 13.1 Å². The van der Waals surface area contributed by atoms with Crippen molar-refractivity contribution in [2.24, 2.45) is 11.3 Å². The molecule has 0 amide bonds. The van der Waals surface area contributed by atoms with Crippen LogP contribution in [0.25, 0.3) is 0 Å². The molecule has 0 radical (unpaired) electrons. The number of carboxylic acid groups (broad SMARTS) is 1. The molecule has 108 valence electrons. The van der Waals surface area contributed by atoms with Crippen LogP contribution in [0.3, 0.4) is 0 Å². The van der Waals surface area contributed by atoms with E-state index in [1.807, 2.05) is 0 Å². The van der Waals surface area contributed by atoms with Crippen LogP contribution in [0, 0.1) is 11.3 Å². The van der Waals surface area contributed by atoms with Gasteiger partial charge in [-0.05, 0) is 37.0 Å². The lowest BCUT2D eigenvalue weighted by Crippen LogP contribution is -2.63. The molecule has 1 atom stereocenters. The van der Waals surface area contributed by atoms with E-state index in [4.69, 9.17) is 0 Å². The molecule has 3 fully saturated rings. The number of aliphatic carboxylic acids is 1. The number of nitrogens with zero attached hydrogens (tertiary/aromatic N) is 1. The van der Waals surface area contributed by atoms with Crippen LogP contribution >= 0.6 is 0 Å². The number of carboxylic acids is 1. The SMILES string of the molecule is O=C(O)C(C1CCCCC1)N1CC2(CCCCC2)C1. The molecule has 1 heterocycles. The van der Waals surface area contributed by atoms with E-state index in [1.165, 1.54) is 51.4 Å². The molecule has 19 heavy (non-hydrogen) atoms. The summed E-state index contributed by atoms with van der Waals surface area (Å²) in [6.45, 7) is 2.11. The first-order valence-corrected chi connectivity index (χ1v) is 8.17. The van der Waals surface area contributed by atoms with Crippen molar-refractivity contribution in [1.29, 1.82) is 0 Å². The Bertz CT molecular complexity index is 322. The molecular weight excluding hydrogens is 238 g/mol. The predicted octanol–water partition coefficient (Wildman–Crippen LogP) is 3.29. The first-order valence-electron chi connectivity index (χ1n) is 8.17. The Balaban J connectivity index is 1.61. The fourth-order valence-corrected chi connectivity index (χ4v) is 4.74. The van der Waals surface area contributed by atoms with E-state index in [2.05, 4.69) is 4.90 Å². The van der Waals surface area contributed by atoms with E-state index >= 15 is 0 Å². The van der Waals surface area contributed by atoms with E-state index in [0.29, 0.717) is 11.3 Å². The minimum Gasteiger partial charge on any atom is -0.480 e. The van der Waals surface area contributed by atoms with E-state index in [9.17, 15) is 9.90 Å². The van der Waals surface area contributed by atoms with Crippen LogP contribution in [-0.2, 0) is 4.79 Å². The topological polar surface area (TPSA) is 40.5 Å². The Morgan fingerprint density at radius 1 is 1.00 bits per heavy atom. The van der Waals surface area contributed by atoms with E-state index in [0.717, 1.165) is 25.9 Å². The Morgan fingerprint density at radius 3 is 2.16 bits per heavy atom. The summed E-state index contributed by atoms with van der Waals surface area (Å²) < 4.78 is 0. The maximum atomic E-state index is 11.7. The molecule has 0 aromatic carbocycles. The van der Waals surface area contributed by atoms with Gasteiger partial charge in [-0.25, -0.2) is 0 Å². The van der Waals surface area contributed by atoms with Crippen molar-refractivity contribution in [3.8, 4) is 0 Å². The Kier molecular flexibility index (Phi) is 3.84. The highest BCUT2D eigenvalue weighted by atomic mass is 16.4. The molecule has 3 rings (SSSR count). The highest BCUT2D eigenvalue weighted by Crippen LogP contribution is 2.46. The molecule has 3 nitrogen and oxygen atoms in total. The first-order chi connectivity index (χ1) is 9.20. The minimum absolute atomic E-state index is 0.187. The number of likely N-dealkylation sites (tertiary alicyclic amines) is 1. The largest absolute Gasteiger partial charge is 0.480 e. The van der Waals surface area contributed by atoms with E-state index in [1.54, 1.807) is 0 Å². The van der Waals surface area contributed by atoms with E-state index < -0.39 is 5.97 Å². The van der Waals surface area contributed by atoms with Gasteiger partial charge in [0.1, 0.15) is 6.04 Å². The Morgan fingerprint density at radius 2 is 1.58 bits per heavy atom. The van der Waals surface area contributed by atoms with Crippen LogP contribution in [0.4, 0.5) is 0 Å². The molecule has 0 aromatic heterocycles.